The fraction of sp³-hybridized carbons (Fsp3) is 0.0769. The minimum atomic E-state index is -0.351. The van der Waals surface area contributed by atoms with Gasteiger partial charge in [-0.05, 0) is 6.07 Å². The molecule has 0 fully saturated rings. The van der Waals surface area contributed by atoms with E-state index < -0.39 is 0 Å². The largest absolute Gasteiger partial charge is 0.350 e. The number of aromatic nitrogens is 1. The van der Waals surface area contributed by atoms with Crippen molar-refractivity contribution < 1.29 is 9.59 Å². The molecule has 0 unspecified atom stereocenters. The quantitative estimate of drug-likeness (QED) is 0.743. The molecule has 1 aliphatic heterocycles. The van der Waals surface area contributed by atoms with Gasteiger partial charge in [-0.1, -0.05) is 18.2 Å². The van der Waals surface area contributed by atoms with Crippen LogP contribution in [0.4, 0.5) is 0 Å². The number of rotatable bonds is 1. The zero-order valence-electron chi connectivity index (χ0n) is 9.23. The molecule has 0 bridgehead atoms. The van der Waals surface area contributed by atoms with Crippen molar-refractivity contribution in [1.29, 1.82) is 0 Å². The molecule has 0 spiro atoms. The molecule has 17 heavy (non-hydrogen) atoms. The lowest BCUT2D eigenvalue weighted by Gasteiger charge is -2.05. The number of aryl methyl sites for hydroxylation is 1. The van der Waals surface area contributed by atoms with Gasteiger partial charge in [-0.2, -0.15) is 0 Å². The fourth-order valence-electron chi connectivity index (χ4n) is 2.19. The van der Waals surface area contributed by atoms with Crippen molar-refractivity contribution in [3.8, 4) is 0 Å². The Morgan fingerprint density at radius 2 is 2.00 bits per heavy atom. The normalized spacial score (nSPS) is 15.2. The van der Waals surface area contributed by atoms with Crippen LogP contribution in [0.25, 0.3) is 16.5 Å². The Labute approximate surface area is 97.5 Å². The lowest BCUT2D eigenvalue weighted by atomic mass is 10.0. The second kappa shape index (κ2) is 3.31. The smallest absolute Gasteiger partial charge is 0.258 e. The van der Waals surface area contributed by atoms with E-state index in [-0.39, 0.29) is 11.8 Å². The third-order valence-corrected chi connectivity index (χ3v) is 2.94. The van der Waals surface area contributed by atoms with Crippen molar-refractivity contribution >= 4 is 28.3 Å². The highest BCUT2D eigenvalue weighted by Gasteiger charge is 2.24. The third-order valence-electron chi connectivity index (χ3n) is 2.94. The Balaban J connectivity index is 2.31. The second-order valence-electron chi connectivity index (χ2n) is 4.05. The van der Waals surface area contributed by atoms with Crippen molar-refractivity contribution in [2.24, 2.45) is 7.05 Å². The van der Waals surface area contributed by atoms with Crippen LogP contribution in [0.1, 0.15) is 5.56 Å². The summed E-state index contributed by atoms with van der Waals surface area (Å²) in [5.74, 6) is -0.681. The summed E-state index contributed by atoms with van der Waals surface area (Å²) in [5.41, 5.74) is 2.18. The van der Waals surface area contributed by atoms with E-state index >= 15 is 0 Å². The molecule has 3 rings (SSSR count). The predicted molar refractivity (Wildman–Crippen MR) is 64.0 cm³/mol. The monoisotopic (exact) mass is 226 g/mol. The lowest BCUT2D eigenvalue weighted by Crippen LogP contribution is -2.21. The van der Waals surface area contributed by atoms with Gasteiger partial charge in [-0.15, -0.1) is 0 Å². The summed E-state index contributed by atoms with van der Waals surface area (Å²) in [4.78, 5) is 22.8. The third kappa shape index (κ3) is 1.38. The van der Waals surface area contributed by atoms with Gasteiger partial charge in [0.1, 0.15) is 0 Å². The predicted octanol–water partition coefficient (Wildman–Crippen LogP) is 1.22. The maximum Gasteiger partial charge on any atom is 0.258 e. The number of para-hydroxylation sites is 1. The molecule has 0 atom stereocenters. The van der Waals surface area contributed by atoms with Crippen molar-refractivity contribution in [2.75, 3.05) is 0 Å². The number of hydrogen-bond donors (Lipinski definition) is 1. The molecule has 2 heterocycles. The summed E-state index contributed by atoms with van der Waals surface area (Å²) in [7, 11) is 1.92. The van der Waals surface area contributed by atoms with Crippen LogP contribution in [-0.4, -0.2) is 16.4 Å². The average molecular weight is 226 g/mol. The van der Waals surface area contributed by atoms with Gasteiger partial charge in [0.15, 0.2) is 0 Å². The van der Waals surface area contributed by atoms with Crippen molar-refractivity contribution in [3.63, 3.8) is 0 Å². The summed E-state index contributed by atoms with van der Waals surface area (Å²) in [6, 6.07) is 7.70. The van der Waals surface area contributed by atoms with E-state index in [0.717, 1.165) is 16.5 Å². The minimum absolute atomic E-state index is 0.330. The number of benzene rings is 1. The molecule has 1 aliphatic rings. The van der Waals surface area contributed by atoms with Gasteiger partial charge in [-0.3, -0.25) is 14.9 Å². The van der Waals surface area contributed by atoms with Crippen LogP contribution in [0.2, 0.25) is 0 Å². The van der Waals surface area contributed by atoms with Crippen LogP contribution in [0.3, 0.4) is 0 Å². The minimum Gasteiger partial charge on any atom is -0.350 e. The van der Waals surface area contributed by atoms with Gasteiger partial charge in [0.2, 0.25) is 0 Å². The molecule has 84 valence electrons. The molecule has 0 saturated heterocycles. The summed E-state index contributed by atoms with van der Waals surface area (Å²) in [6.45, 7) is 0. The maximum atomic E-state index is 11.7. The molecule has 0 saturated carbocycles. The van der Waals surface area contributed by atoms with E-state index in [1.165, 1.54) is 6.08 Å². The van der Waals surface area contributed by atoms with E-state index in [4.69, 9.17) is 0 Å². The van der Waals surface area contributed by atoms with E-state index in [1.807, 2.05) is 42.1 Å². The molecule has 1 N–H and O–H groups in total. The highest BCUT2D eigenvalue weighted by atomic mass is 16.2. The number of nitrogens with zero attached hydrogens (tertiary/aromatic N) is 1. The summed E-state index contributed by atoms with van der Waals surface area (Å²) < 4.78 is 1.95. The molecule has 1 aromatic heterocycles. The zero-order chi connectivity index (χ0) is 12.0. The SMILES string of the molecule is Cn1ccc2cccc(C3=CC(=O)NC3=O)c21. The first-order valence-corrected chi connectivity index (χ1v) is 5.28. The summed E-state index contributed by atoms with van der Waals surface area (Å²) >= 11 is 0. The molecule has 0 aliphatic carbocycles. The molecule has 0 radical (unpaired) electrons. The standard InChI is InChI=1S/C13H10N2O2/c1-15-6-5-8-3-2-4-9(12(8)15)10-7-11(16)14-13(10)17/h2-7H,1H3,(H,14,16,17). The molecular weight excluding hydrogens is 216 g/mol. The first kappa shape index (κ1) is 9.84. The van der Waals surface area contributed by atoms with Gasteiger partial charge in [0.25, 0.3) is 11.8 Å². The Hall–Kier alpha value is -2.36. The average Bonchev–Trinajstić information content (AvgIpc) is 2.83. The van der Waals surface area contributed by atoms with Crippen molar-refractivity contribution in [2.45, 2.75) is 0 Å². The summed E-state index contributed by atoms with van der Waals surface area (Å²) in [6.07, 6.45) is 3.29. The number of carbonyl (C=O) groups is 2. The van der Waals surface area contributed by atoms with Gasteiger partial charge in [0.05, 0.1) is 11.1 Å². The first-order valence-electron chi connectivity index (χ1n) is 5.28. The highest BCUT2D eigenvalue weighted by Crippen LogP contribution is 2.27. The lowest BCUT2D eigenvalue weighted by molar-refractivity contribution is -0.123. The highest BCUT2D eigenvalue weighted by molar-refractivity contribution is 6.35. The Kier molecular flexibility index (Phi) is 1.92. The molecular formula is C13H10N2O2. The van der Waals surface area contributed by atoms with E-state index in [2.05, 4.69) is 5.32 Å². The number of nitrogens with one attached hydrogen (secondary N) is 1. The maximum absolute atomic E-state index is 11.7. The van der Waals surface area contributed by atoms with Crippen LogP contribution in [0.5, 0.6) is 0 Å². The molecule has 1 aromatic carbocycles. The van der Waals surface area contributed by atoms with Crippen LogP contribution >= 0.6 is 0 Å². The van der Waals surface area contributed by atoms with E-state index in [1.54, 1.807) is 0 Å². The molecule has 2 amide bonds. The zero-order valence-corrected chi connectivity index (χ0v) is 9.23. The number of hydrogen-bond acceptors (Lipinski definition) is 2. The van der Waals surface area contributed by atoms with Crippen LogP contribution < -0.4 is 5.32 Å². The van der Waals surface area contributed by atoms with Crippen molar-refractivity contribution in [3.05, 3.63) is 42.1 Å². The topological polar surface area (TPSA) is 51.1 Å². The summed E-state index contributed by atoms with van der Waals surface area (Å²) in [5, 5.41) is 3.32. The van der Waals surface area contributed by atoms with Crippen molar-refractivity contribution in [1.82, 2.24) is 9.88 Å². The molecule has 4 nitrogen and oxygen atoms in total. The number of amides is 2. The van der Waals surface area contributed by atoms with Gasteiger partial charge >= 0.3 is 0 Å². The Morgan fingerprint density at radius 1 is 1.18 bits per heavy atom. The Morgan fingerprint density at radius 3 is 2.71 bits per heavy atom. The molecule has 2 aromatic rings. The molecule has 4 heteroatoms. The van der Waals surface area contributed by atoms with Crippen LogP contribution in [0, 0.1) is 0 Å². The van der Waals surface area contributed by atoms with Crippen LogP contribution in [-0.2, 0) is 16.6 Å². The Bertz CT molecular complexity index is 680. The number of carbonyl (C=O) groups excluding carboxylic acids is 2. The van der Waals surface area contributed by atoms with E-state index in [9.17, 15) is 9.59 Å². The van der Waals surface area contributed by atoms with Gasteiger partial charge in [-0.25, -0.2) is 0 Å². The fourth-order valence-corrected chi connectivity index (χ4v) is 2.19. The van der Waals surface area contributed by atoms with Crippen LogP contribution in [0.15, 0.2) is 36.5 Å². The van der Waals surface area contributed by atoms with Gasteiger partial charge < -0.3 is 4.57 Å². The number of fused-ring (bicyclic) bond motifs is 1. The van der Waals surface area contributed by atoms with E-state index in [0.29, 0.717) is 5.57 Å². The first-order chi connectivity index (χ1) is 8.16. The van der Waals surface area contributed by atoms with Gasteiger partial charge in [0, 0.05) is 30.3 Å². The number of imide groups is 1. The second-order valence-corrected chi connectivity index (χ2v) is 4.05.